The predicted octanol–water partition coefficient (Wildman–Crippen LogP) is 1.50. The molecular formula is C14H20N4. The van der Waals surface area contributed by atoms with Gasteiger partial charge in [-0.3, -0.25) is 0 Å². The lowest BCUT2D eigenvalue weighted by Gasteiger charge is -2.31. The maximum atomic E-state index is 4.61. The molecule has 1 saturated heterocycles. The summed E-state index contributed by atoms with van der Waals surface area (Å²) in [6.07, 6.45) is 0. The average Bonchev–Trinajstić information content (AvgIpc) is 2.65. The third kappa shape index (κ3) is 1.82. The Bertz CT molecular complexity index is 572. The number of piperazine rings is 1. The van der Waals surface area contributed by atoms with Gasteiger partial charge in [0.05, 0.1) is 11.0 Å². The number of hydrogen-bond acceptors (Lipinski definition) is 3. The van der Waals surface area contributed by atoms with Crippen LogP contribution in [0, 0.1) is 6.92 Å². The SMILES string of the molecule is Cc1nc2cc(C3NCCNC3C)ccc2n1C. The predicted molar refractivity (Wildman–Crippen MR) is 73.7 cm³/mol. The van der Waals surface area contributed by atoms with E-state index in [1.165, 1.54) is 11.1 Å². The van der Waals surface area contributed by atoms with Crippen molar-refractivity contribution in [3.05, 3.63) is 29.6 Å². The highest BCUT2D eigenvalue weighted by molar-refractivity contribution is 5.77. The van der Waals surface area contributed by atoms with Crippen LogP contribution in [0.15, 0.2) is 18.2 Å². The lowest BCUT2D eigenvalue weighted by molar-refractivity contribution is 0.346. The molecule has 1 aliphatic heterocycles. The van der Waals surface area contributed by atoms with E-state index in [0.29, 0.717) is 12.1 Å². The van der Waals surface area contributed by atoms with Gasteiger partial charge in [-0.1, -0.05) is 6.07 Å². The normalized spacial score (nSPS) is 24.6. The van der Waals surface area contributed by atoms with Gasteiger partial charge in [0, 0.05) is 32.2 Å². The van der Waals surface area contributed by atoms with Crippen LogP contribution in [0.3, 0.4) is 0 Å². The molecule has 0 radical (unpaired) electrons. The number of nitrogens with zero attached hydrogens (tertiary/aromatic N) is 2. The van der Waals surface area contributed by atoms with E-state index in [2.05, 4.69) is 52.4 Å². The lowest BCUT2D eigenvalue weighted by atomic mass is 9.98. The third-order valence-corrected chi connectivity index (χ3v) is 3.94. The Morgan fingerprint density at radius 1 is 1.28 bits per heavy atom. The quantitative estimate of drug-likeness (QED) is 0.799. The summed E-state index contributed by atoms with van der Waals surface area (Å²) in [5, 5.41) is 7.08. The maximum Gasteiger partial charge on any atom is 0.106 e. The van der Waals surface area contributed by atoms with E-state index >= 15 is 0 Å². The molecule has 1 aliphatic rings. The Labute approximate surface area is 107 Å². The van der Waals surface area contributed by atoms with Crippen molar-refractivity contribution in [2.75, 3.05) is 13.1 Å². The molecule has 96 valence electrons. The molecule has 2 N–H and O–H groups in total. The summed E-state index contributed by atoms with van der Waals surface area (Å²) in [5.41, 5.74) is 3.61. The summed E-state index contributed by atoms with van der Waals surface area (Å²) in [6, 6.07) is 7.44. The van der Waals surface area contributed by atoms with E-state index in [1.807, 2.05) is 6.92 Å². The van der Waals surface area contributed by atoms with Crippen LogP contribution >= 0.6 is 0 Å². The lowest BCUT2D eigenvalue weighted by Crippen LogP contribution is -2.48. The van der Waals surface area contributed by atoms with Gasteiger partial charge in [0.2, 0.25) is 0 Å². The van der Waals surface area contributed by atoms with Crippen molar-refractivity contribution >= 4 is 11.0 Å². The highest BCUT2D eigenvalue weighted by Crippen LogP contribution is 2.23. The Balaban J connectivity index is 2.02. The van der Waals surface area contributed by atoms with Gasteiger partial charge >= 0.3 is 0 Å². The first-order valence-electron chi connectivity index (χ1n) is 6.56. The van der Waals surface area contributed by atoms with E-state index < -0.39 is 0 Å². The van der Waals surface area contributed by atoms with Gasteiger partial charge in [-0.15, -0.1) is 0 Å². The van der Waals surface area contributed by atoms with E-state index in [9.17, 15) is 0 Å². The zero-order chi connectivity index (χ0) is 12.7. The zero-order valence-electron chi connectivity index (χ0n) is 11.2. The van der Waals surface area contributed by atoms with Crippen LogP contribution in [0.2, 0.25) is 0 Å². The van der Waals surface area contributed by atoms with Crippen molar-refractivity contribution in [1.29, 1.82) is 0 Å². The van der Waals surface area contributed by atoms with Crippen molar-refractivity contribution in [2.45, 2.75) is 25.9 Å². The van der Waals surface area contributed by atoms with Gasteiger partial charge in [0.1, 0.15) is 5.82 Å². The minimum atomic E-state index is 0.380. The standard InChI is InChI=1S/C14H20N4/c1-9-14(16-7-6-15-9)11-4-5-13-12(8-11)17-10(2)18(13)3/h4-5,8-9,14-16H,6-7H2,1-3H3. The van der Waals surface area contributed by atoms with Gasteiger partial charge in [0.15, 0.2) is 0 Å². The smallest absolute Gasteiger partial charge is 0.106 e. The maximum absolute atomic E-state index is 4.61. The van der Waals surface area contributed by atoms with E-state index in [4.69, 9.17) is 0 Å². The summed E-state index contributed by atoms with van der Waals surface area (Å²) < 4.78 is 2.13. The monoisotopic (exact) mass is 244 g/mol. The topological polar surface area (TPSA) is 41.9 Å². The largest absolute Gasteiger partial charge is 0.331 e. The molecule has 3 rings (SSSR count). The minimum absolute atomic E-state index is 0.380. The highest BCUT2D eigenvalue weighted by atomic mass is 15.1. The van der Waals surface area contributed by atoms with Gasteiger partial charge < -0.3 is 15.2 Å². The second-order valence-electron chi connectivity index (χ2n) is 5.14. The second kappa shape index (κ2) is 4.37. The van der Waals surface area contributed by atoms with Crippen molar-refractivity contribution in [3.63, 3.8) is 0 Å². The van der Waals surface area contributed by atoms with Crippen LogP contribution in [0.25, 0.3) is 11.0 Å². The summed E-state index contributed by atoms with van der Waals surface area (Å²) >= 11 is 0. The fourth-order valence-electron chi connectivity index (χ4n) is 2.76. The molecule has 4 nitrogen and oxygen atoms in total. The third-order valence-electron chi connectivity index (χ3n) is 3.94. The molecule has 4 heteroatoms. The van der Waals surface area contributed by atoms with Crippen LogP contribution < -0.4 is 10.6 Å². The summed E-state index contributed by atoms with van der Waals surface area (Å²) in [7, 11) is 2.06. The Hall–Kier alpha value is -1.39. The molecule has 0 bridgehead atoms. The first kappa shape index (κ1) is 11.7. The molecule has 2 aromatic rings. The molecular weight excluding hydrogens is 224 g/mol. The van der Waals surface area contributed by atoms with Crippen LogP contribution in [0.1, 0.15) is 24.4 Å². The summed E-state index contributed by atoms with van der Waals surface area (Å²) in [4.78, 5) is 4.61. The molecule has 0 aliphatic carbocycles. The van der Waals surface area contributed by atoms with Crippen molar-refractivity contribution in [3.8, 4) is 0 Å². The van der Waals surface area contributed by atoms with Gasteiger partial charge in [-0.25, -0.2) is 4.98 Å². The zero-order valence-corrected chi connectivity index (χ0v) is 11.2. The Morgan fingerprint density at radius 2 is 2.06 bits per heavy atom. The Kier molecular flexibility index (Phi) is 2.84. The van der Waals surface area contributed by atoms with Gasteiger partial charge in [-0.05, 0) is 31.5 Å². The molecule has 1 aromatic heterocycles. The fraction of sp³-hybridized carbons (Fsp3) is 0.500. The number of aromatic nitrogens is 2. The fourth-order valence-corrected chi connectivity index (χ4v) is 2.76. The minimum Gasteiger partial charge on any atom is -0.331 e. The molecule has 18 heavy (non-hydrogen) atoms. The molecule has 2 atom stereocenters. The number of hydrogen-bond donors (Lipinski definition) is 2. The van der Waals surface area contributed by atoms with Crippen molar-refractivity contribution < 1.29 is 0 Å². The van der Waals surface area contributed by atoms with Gasteiger partial charge in [0.25, 0.3) is 0 Å². The molecule has 1 aromatic carbocycles. The first-order valence-corrected chi connectivity index (χ1v) is 6.56. The highest BCUT2D eigenvalue weighted by Gasteiger charge is 2.22. The number of rotatable bonds is 1. The van der Waals surface area contributed by atoms with Crippen molar-refractivity contribution in [2.24, 2.45) is 7.05 Å². The van der Waals surface area contributed by atoms with Crippen LogP contribution in [-0.4, -0.2) is 28.7 Å². The second-order valence-corrected chi connectivity index (χ2v) is 5.14. The number of fused-ring (bicyclic) bond motifs is 1. The Morgan fingerprint density at radius 3 is 2.83 bits per heavy atom. The molecule has 2 unspecified atom stereocenters. The molecule has 0 spiro atoms. The van der Waals surface area contributed by atoms with Crippen LogP contribution in [0.5, 0.6) is 0 Å². The van der Waals surface area contributed by atoms with E-state index in [1.54, 1.807) is 0 Å². The average molecular weight is 244 g/mol. The number of aryl methyl sites for hydroxylation is 2. The van der Waals surface area contributed by atoms with Crippen LogP contribution in [-0.2, 0) is 7.05 Å². The summed E-state index contributed by atoms with van der Waals surface area (Å²) in [6.45, 7) is 6.34. The molecule has 1 fully saturated rings. The molecule has 0 amide bonds. The van der Waals surface area contributed by atoms with E-state index in [0.717, 1.165) is 24.4 Å². The van der Waals surface area contributed by atoms with Crippen molar-refractivity contribution in [1.82, 2.24) is 20.2 Å². The first-order chi connectivity index (χ1) is 8.66. The number of nitrogens with one attached hydrogen (secondary N) is 2. The number of imidazole rings is 1. The summed E-state index contributed by atoms with van der Waals surface area (Å²) in [5.74, 6) is 1.06. The number of benzene rings is 1. The van der Waals surface area contributed by atoms with Crippen LogP contribution in [0.4, 0.5) is 0 Å². The molecule has 0 saturated carbocycles. The van der Waals surface area contributed by atoms with Gasteiger partial charge in [-0.2, -0.15) is 0 Å². The van der Waals surface area contributed by atoms with E-state index in [-0.39, 0.29) is 0 Å². The molecule has 2 heterocycles.